The van der Waals surface area contributed by atoms with Crippen molar-refractivity contribution in [3.8, 4) is 11.4 Å². The minimum absolute atomic E-state index is 0.181. The number of rotatable bonds is 5. The molecule has 0 aliphatic rings. The number of aromatic nitrogens is 2. The lowest BCUT2D eigenvalue weighted by atomic mass is 10.1. The number of ether oxygens (including phenoxy) is 1. The average Bonchev–Trinajstić information content (AvgIpc) is 2.75. The Morgan fingerprint density at radius 1 is 1.06 bits per heavy atom. The summed E-state index contributed by atoms with van der Waals surface area (Å²) in [5, 5.41) is 3.20. The predicted octanol–water partition coefficient (Wildman–Crippen LogP) is 4.30. The fourth-order valence-electron chi connectivity index (χ4n) is 3.40. The van der Waals surface area contributed by atoms with E-state index in [0.29, 0.717) is 39.7 Å². The van der Waals surface area contributed by atoms with Crippen LogP contribution < -0.4 is 15.6 Å². The van der Waals surface area contributed by atoms with Gasteiger partial charge in [-0.3, -0.25) is 14.2 Å². The van der Waals surface area contributed by atoms with Gasteiger partial charge in [-0.1, -0.05) is 12.1 Å². The first-order valence-corrected chi connectivity index (χ1v) is 9.80. The summed E-state index contributed by atoms with van der Waals surface area (Å²) in [5.74, 6) is -1.80. The number of aryl methyl sites for hydroxylation is 2. The summed E-state index contributed by atoms with van der Waals surface area (Å²) in [6, 6.07) is 15.1. The first-order valence-electron chi connectivity index (χ1n) is 9.80. The Bertz CT molecular complexity index is 1400. The van der Waals surface area contributed by atoms with E-state index in [1.807, 2.05) is 6.07 Å². The Morgan fingerprint density at radius 3 is 2.59 bits per heavy atom. The number of para-hydroxylation sites is 1. The molecule has 32 heavy (non-hydrogen) atoms. The van der Waals surface area contributed by atoms with Gasteiger partial charge < -0.3 is 10.1 Å². The van der Waals surface area contributed by atoms with Gasteiger partial charge in [0.15, 0.2) is 18.2 Å². The van der Waals surface area contributed by atoms with Crippen LogP contribution in [0.2, 0.25) is 0 Å². The van der Waals surface area contributed by atoms with Crippen LogP contribution in [0.3, 0.4) is 0 Å². The van der Waals surface area contributed by atoms with Gasteiger partial charge in [0.1, 0.15) is 11.6 Å². The second-order valence-electron chi connectivity index (χ2n) is 7.23. The Balaban J connectivity index is 1.53. The lowest BCUT2D eigenvalue weighted by molar-refractivity contribution is -0.118. The van der Waals surface area contributed by atoms with Crippen LogP contribution in [-0.2, 0) is 4.79 Å². The number of amides is 1. The molecule has 1 amide bonds. The maximum atomic E-state index is 13.6. The van der Waals surface area contributed by atoms with E-state index in [0.717, 1.165) is 12.1 Å². The minimum Gasteiger partial charge on any atom is -0.481 e. The molecule has 4 aromatic rings. The molecule has 0 fully saturated rings. The van der Waals surface area contributed by atoms with Crippen LogP contribution >= 0.6 is 0 Å². The van der Waals surface area contributed by atoms with Crippen LogP contribution in [0.4, 0.5) is 14.5 Å². The quantitative estimate of drug-likeness (QED) is 0.507. The molecule has 4 rings (SSSR count). The normalized spacial score (nSPS) is 10.9. The van der Waals surface area contributed by atoms with E-state index < -0.39 is 24.1 Å². The van der Waals surface area contributed by atoms with E-state index in [1.54, 1.807) is 50.2 Å². The Labute approximate surface area is 182 Å². The summed E-state index contributed by atoms with van der Waals surface area (Å²) in [7, 11) is 0. The van der Waals surface area contributed by atoms with E-state index in [9.17, 15) is 18.4 Å². The zero-order chi connectivity index (χ0) is 22.8. The maximum absolute atomic E-state index is 13.6. The molecule has 0 aliphatic heterocycles. The van der Waals surface area contributed by atoms with Crippen LogP contribution in [-0.4, -0.2) is 22.1 Å². The standard InChI is InChI=1S/C24H19F2N3O3/c1-14-11-17(29-15(2)27-21-6-4-3-5-18(21)24(29)31)8-9-20(14)28-23(30)13-32-22-10-7-16(25)12-19(22)26/h3-12H,13H2,1-2H3,(H,28,30). The van der Waals surface area contributed by atoms with E-state index in [2.05, 4.69) is 10.3 Å². The summed E-state index contributed by atoms with van der Waals surface area (Å²) in [6.07, 6.45) is 0. The van der Waals surface area contributed by atoms with Crippen molar-refractivity contribution < 1.29 is 18.3 Å². The van der Waals surface area contributed by atoms with Gasteiger partial charge in [0, 0.05) is 11.8 Å². The highest BCUT2D eigenvalue weighted by Crippen LogP contribution is 2.21. The van der Waals surface area contributed by atoms with Crippen LogP contribution in [0.15, 0.2) is 65.5 Å². The Kier molecular flexibility index (Phi) is 5.68. The molecule has 0 radical (unpaired) electrons. The molecule has 0 unspecified atom stereocenters. The van der Waals surface area contributed by atoms with Crippen molar-refractivity contribution >= 4 is 22.5 Å². The topological polar surface area (TPSA) is 73.2 Å². The molecule has 0 bridgehead atoms. The molecule has 0 saturated carbocycles. The fourth-order valence-corrected chi connectivity index (χ4v) is 3.40. The molecular weight excluding hydrogens is 416 g/mol. The van der Waals surface area contributed by atoms with E-state index in [4.69, 9.17) is 4.74 Å². The van der Waals surface area contributed by atoms with Crippen molar-refractivity contribution in [3.05, 3.63) is 94.0 Å². The van der Waals surface area contributed by atoms with Gasteiger partial charge in [-0.2, -0.15) is 0 Å². The van der Waals surface area contributed by atoms with Gasteiger partial charge in [0.05, 0.1) is 16.6 Å². The third kappa shape index (κ3) is 4.20. The molecule has 0 saturated heterocycles. The number of benzene rings is 3. The molecule has 1 N–H and O–H groups in total. The average molecular weight is 435 g/mol. The molecule has 1 aromatic heterocycles. The lowest BCUT2D eigenvalue weighted by Gasteiger charge is -2.14. The number of nitrogens with one attached hydrogen (secondary N) is 1. The van der Waals surface area contributed by atoms with E-state index in [1.165, 1.54) is 4.57 Å². The molecule has 0 atom stereocenters. The number of carbonyl (C=O) groups excluding carboxylic acids is 1. The van der Waals surface area contributed by atoms with Gasteiger partial charge in [-0.05, 0) is 61.9 Å². The van der Waals surface area contributed by atoms with Crippen molar-refractivity contribution in [2.24, 2.45) is 0 Å². The Hall–Kier alpha value is -4.07. The number of hydrogen-bond acceptors (Lipinski definition) is 4. The second-order valence-corrected chi connectivity index (χ2v) is 7.23. The highest BCUT2D eigenvalue weighted by Gasteiger charge is 2.13. The fraction of sp³-hybridized carbons (Fsp3) is 0.125. The number of halogens is 2. The molecule has 0 aliphatic carbocycles. The third-order valence-corrected chi connectivity index (χ3v) is 4.94. The SMILES string of the molecule is Cc1cc(-n2c(C)nc3ccccc3c2=O)ccc1NC(=O)COc1ccc(F)cc1F. The highest BCUT2D eigenvalue weighted by molar-refractivity contribution is 5.92. The molecule has 162 valence electrons. The molecule has 8 heteroatoms. The van der Waals surface area contributed by atoms with Crippen molar-refractivity contribution in [3.63, 3.8) is 0 Å². The lowest BCUT2D eigenvalue weighted by Crippen LogP contribution is -2.23. The van der Waals surface area contributed by atoms with Crippen LogP contribution in [0.25, 0.3) is 16.6 Å². The van der Waals surface area contributed by atoms with Crippen molar-refractivity contribution in [2.45, 2.75) is 13.8 Å². The van der Waals surface area contributed by atoms with E-state index >= 15 is 0 Å². The van der Waals surface area contributed by atoms with Crippen LogP contribution in [0.5, 0.6) is 5.75 Å². The number of anilines is 1. The number of fused-ring (bicyclic) bond motifs is 1. The molecule has 1 heterocycles. The summed E-state index contributed by atoms with van der Waals surface area (Å²) in [4.78, 5) is 29.7. The van der Waals surface area contributed by atoms with Crippen molar-refractivity contribution in [2.75, 3.05) is 11.9 Å². The van der Waals surface area contributed by atoms with Gasteiger partial charge >= 0.3 is 0 Å². The van der Waals surface area contributed by atoms with E-state index in [-0.39, 0.29) is 11.3 Å². The van der Waals surface area contributed by atoms with Crippen molar-refractivity contribution in [1.82, 2.24) is 9.55 Å². The Morgan fingerprint density at radius 2 is 1.84 bits per heavy atom. The predicted molar refractivity (Wildman–Crippen MR) is 117 cm³/mol. The highest BCUT2D eigenvalue weighted by atomic mass is 19.1. The van der Waals surface area contributed by atoms with Crippen LogP contribution in [0.1, 0.15) is 11.4 Å². The zero-order valence-corrected chi connectivity index (χ0v) is 17.4. The monoisotopic (exact) mass is 435 g/mol. The molecule has 0 spiro atoms. The molecular formula is C24H19F2N3O3. The first kappa shape index (κ1) is 21.2. The third-order valence-electron chi connectivity index (χ3n) is 4.94. The summed E-state index contributed by atoms with van der Waals surface area (Å²) in [6.45, 7) is 3.09. The van der Waals surface area contributed by atoms with Crippen molar-refractivity contribution in [1.29, 1.82) is 0 Å². The van der Waals surface area contributed by atoms with Crippen LogP contribution in [0, 0.1) is 25.5 Å². The van der Waals surface area contributed by atoms with Gasteiger partial charge in [-0.15, -0.1) is 0 Å². The molecule has 3 aromatic carbocycles. The summed E-state index contributed by atoms with van der Waals surface area (Å²) in [5.41, 5.74) is 2.29. The van der Waals surface area contributed by atoms with Gasteiger partial charge in [0.2, 0.25) is 0 Å². The number of hydrogen-bond donors (Lipinski definition) is 1. The number of nitrogens with zero attached hydrogens (tertiary/aromatic N) is 2. The summed E-state index contributed by atoms with van der Waals surface area (Å²) >= 11 is 0. The zero-order valence-electron chi connectivity index (χ0n) is 17.4. The smallest absolute Gasteiger partial charge is 0.265 e. The molecule has 6 nitrogen and oxygen atoms in total. The van der Waals surface area contributed by atoms with Gasteiger partial charge in [-0.25, -0.2) is 13.8 Å². The second kappa shape index (κ2) is 8.58. The van der Waals surface area contributed by atoms with Gasteiger partial charge in [0.25, 0.3) is 11.5 Å². The largest absolute Gasteiger partial charge is 0.481 e. The summed E-state index contributed by atoms with van der Waals surface area (Å²) < 4.78 is 33.2. The number of carbonyl (C=O) groups is 1. The first-order chi connectivity index (χ1) is 15.3. The minimum atomic E-state index is -0.886. The maximum Gasteiger partial charge on any atom is 0.265 e.